The number of hydrogen-bond donors (Lipinski definition) is 0. The highest BCUT2D eigenvalue weighted by molar-refractivity contribution is 6.12. The maximum Gasteiger partial charge on any atom is 0.164 e. The Bertz CT molecular complexity index is 3510. The number of fused-ring (bicyclic) bond motifs is 10. The first kappa shape index (κ1) is 30.7. The van der Waals surface area contributed by atoms with Crippen molar-refractivity contribution >= 4 is 76.1 Å². The third kappa shape index (κ3) is 4.63. The van der Waals surface area contributed by atoms with Gasteiger partial charge in [-0.25, -0.2) is 15.0 Å². The molecule has 0 unspecified atom stereocenters. The molecule has 4 heterocycles. The van der Waals surface area contributed by atoms with Crippen LogP contribution in [0.2, 0.25) is 0 Å². The van der Waals surface area contributed by atoms with Gasteiger partial charge < -0.3 is 8.98 Å². The minimum atomic E-state index is 0.569. The molecule has 0 atom stereocenters. The van der Waals surface area contributed by atoms with E-state index in [4.69, 9.17) is 19.4 Å². The van der Waals surface area contributed by atoms with Crippen LogP contribution in [0, 0.1) is 0 Å². The van der Waals surface area contributed by atoms with Crippen molar-refractivity contribution in [2.24, 2.45) is 0 Å². The van der Waals surface area contributed by atoms with E-state index in [0.717, 1.165) is 71.5 Å². The Hall–Kier alpha value is -7.70. The Labute approximate surface area is 320 Å². The summed E-state index contributed by atoms with van der Waals surface area (Å²) >= 11 is 0. The van der Waals surface area contributed by atoms with E-state index in [1.165, 1.54) is 26.9 Å². The van der Waals surface area contributed by atoms with E-state index in [2.05, 4.69) is 161 Å². The zero-order chi connectivity index (χ0) is 36.7. The predicted molar refractivity (Wildman–Crippen MR) is 228 cm³/mol. The SMILES string of the molecule is c1ccc2c(c1)ccc1ccc(-c3nc(-c4ccc5c(c4)oc4ccncc45)nc(-c4ccc(-n5c6ccccc6c6ccccc65)c5ccccc45)n3)cc12. The number of rotatable bonds is 4. The zero-order valence-electron chi connectivity index (χ0n) is 29.9. The van der Waals surface area contributed by atoms with Gasteiger partial charge in [-0.15, -0.1) is 0 Å². The van der Waals surface area contributed by atoms with Crippen LogP contribution in [0.1, 0.15) is 0 Å². The van der Waals surface area contributed by atoms with Gasteiger partial charge >= 0.3 is 0 Å². The van der Waals surface area contributed by atoms with Crippen molar-refractivity contribution in [3.8, 4) is 39.9 Å². The van der Waals surface area contributed by atoms with Crippen molar-refractivity contribution in [2.75, 3.05) is 0 Å². The smallest absolute Gasteiger partial charge is 0.164 e. The molecule has 0 aliphatic heterocycles. The van der Waals surface area contributed by atoms with Gasteiger partial charge in [0.05, 0.1) is 16.7 Å². The molecule has 0 N–H and O–H groups in total. The molecule has 4 aromatic heterocycles. The van der Waals surface area contributed by atoms with Gasteiger partial charge in [-0.1, -0.05) is 115 Å². The molecule has 0 spiro atoms. The molecule has 12 rings (SSSR count). The number of pyridine rings is 1. The van der Waals surface area contributed by atoms with E-state index in [9.17, 15) is 0 Å². The largest absolute Gasteiger partial charge is 0.456 e. The topological polar surface area (TPSA) is 69.6 Å². The summed E-state index contributed by atoms with van der Waals surface area (Å²) in [5.74, 6) is 1.77. The third-order valence-corrected chi connectivity index (χ3v) is 11.1. The van der Waals surface area contributed by atoms with E-state index in [-0.39, 0.29) is 0 Å². The molecule has 0 amide bonds. The molecular formula is C50H29N5O. The minimum Gasteiger partial charge on any atom is -0.456 e. The van der Waals surface area contributed by atoms with Crippen molar-refractivity contribution in [3.05, 3.63) is 176 Å². The molecule has 0 bridgehead atoms. The number of nitrogens with zero attached hydrogens (tertiary/aromatic N) is 5. The first-order valence-electron chi connectivity index (χ1n) is 18.7. The van der Waals surface area contributed by atoms with Crippen LogP contribution >= 0.6 is 0 Å². The Morgan fingerprint density at radius 2 is 1.00 bits per heavy atom. The summed E-state index contributed by atoms with van der Waals surface area (Å²) in [5, 5.41) is 11.3. The first-order valence-corrected chi connectivity index (χ1v) is 18.7. The summed E-state index contributed by atoms with van der Waals surface area (Å²) < 4.78 is 8.66. The lowest BCUT2D eigenvalue weighted by Crippen LogP contribution is -2.02. The standard InChI is InChI=1S/C50H29N5O/c1-2-10-34-30(9-1)17-18-31-19-20-32(27-41(31)34)48-52-49(33-21-22-39-42-29-51-26-25-46(42)56-47(39)28-33)54-50(53-48)40-23-24-45(36-12-4-3-11-35(36)40)55-43-15-7-5-13-37(43)38-14-6-8-16-44(38)55/h1-29H. The number of benzene rings is 8. The summed E-state index contributed by atoms with van der Waals surface area (Å²) in [6.45, 7) is 0. The fourth-order valence-corrected chi connectivity index (χ4v) is 8.51. The van der Waals surface area contributed by atoms with Crippen LogP contribution in [0.15, 0.2) is 181 Å². The predicted octanol–water partition coefficient (Wildman–Crippen LogP) is 12.7. The highest BCUT2D eigenvalue weighted by Gasteiger charge is 2.19. The molecule has 260 valence electrons. The Morgan fingerprint density at radius 3 is 1.79 bits per heavy atom. The molecule has 0 saturated heterocycles. The second-order valence-corrected chi connectivity index (χ2v) is 14.3. The van der Waals surface area contributed by atoms with Crippen molar-refractivity contribution in [3.63, 3.8) is 0 Å². The van der Waals surface area contributed by atoms with Crippen molar-refractivity contribution in [1.82, 2.24) is 24.5 Å². The fourth-order valence-electron chi connectivity index (χ4n) is 8.51. The quantitative estimate of drug-likeness (QED) is 0.170. The van der Waals surface area contributed by atoms with Gasteiger partial charge in [0.25, 0.3) is 0 Å². The van der Waals surface area contributed by atoms with Crippen LogP contribution in [0.5, 0.6) is 0 Å². The Balaban J connectivity index is 1.10. The molecule has 0 aliphatic carbocycles. The van der Waals surface area contributed by atoms with Crippen LogP contribution in [0.25, 0.3) is 116 Å². The van der Waals surface area contributed by atoms with Crippen LogP contribution in [-0.2, 0) is 0 Å². The average molecular weight is 716 g/mol. The molecule has 6 heteroatoms. The number of furan rings is 1. The second kappa shape index (κ2) is 11.9. The molecule has 56 heavy (non-hydrogen) atoms. The molecule has 0 fully saturated rings. The monoisotopic (exact) mass is 715 g/mol. The van der Waals surface area contributed by atoms with Crippen LogP contribution in [-0.4, -0.2) is 24.5 Å². The van der Waals surface area contributed by atoms with E-state index >= 15 is 0 Å². The molecule has 6 nitrogen and oxygen atoms in total. The van der Waals surface area contributed by atoms with Crippen LogP contribution < -0.4 is 0 Å². The Kier molecular flexibility index (Phi) is 6.53. The molecule has 0 saturated carbocycles. The number of para-hydroxylation sites is 2. The Morgan fingerprint density at radius 1 is 0.393 bits per heavy atom. The summed E-state index contributed by atoms with van der Waals surface area (Å²) in [6.07, 6.45) is 3.59. The highest BCUT2D eigenvalue weighted by Crippen LogP contribution is 2.39. The minimum absolute atomic E-state index is 0.569. The van der Waals surface area contributed by atoms with E-state index in [1.807, 2.05) is 18.3 Å². The molecule has 12 aromatic rings. The van der Waals surface area contributed by atoms with Gasteiger partial charge in [-0.2, -0.15) is 0 Å². The molecular weight excluding hydrogens is 687 g/mol. The van der Waals surface area contributed by atoms with Gasteiger partial charge in [0.15, 0.2) is 17.5 Å². The van der Waals surface area contributed by atoms with Crippen molar-refractivity contribution in [1.29, 1.82) is 0 Å². The lowest BCUT2D eigenvalue weighted by molar-refractivity contribution is 0.668. The summed E-state index contributed by atoms with van der Waals surface area (Å²) in [4.78, 5) is 20.0. The third-order valence-electron chi connectivity index (χ3n) is 11.1. The molecule has 0 radical (unpaired) electrons. The highest BCUT2D eigenvalue weighted by atomic mass is 16.3. The maximum absolute atomic E-state index is 6.29. The summed E-state index contributed by atoms with van der Waals surface area (Å²) in [7, 11) is 0. The number of aromatic nitrogens is 5. The number of hydrogen-bond acceptors (Lipinski definition) is 5. The van der Waals surface area contributed by atoms with E-state index in [0.29, 0.717) is 17.5 Å². The van der Waals surface area contributed by atoms with Crippen molar-refractivity contribution in [2.45, 2.75) is 0 Å². The van der Waals surface area contributed by atoms with E-state index in [1.54, 1.807) is 6.20 Å². The van der Waals surface area contributed by atoms with Crippen LogP contribution in [0.3, 0.4) is 0 Å². The van der Waals surface area contributed by atoms with E-state index < -0.39 is 0 Å². The average Bonchev–Trinajstić information content (AvgIpc) is 3.81. The van der Waals surface area contributed by atoms with Gasteiger partial charge in [0.1, 0.15) is 11.2 Å². The maximum atomic E-state index is 6.29. The lowest BCUT2D eigenvalue weighted by Gasteiger charge is -2.15. The summed E-state index contributed by atoms with van der Waals surface area (Å²) in [6, 6.07) is 57.5. The lowest BCUT2D eigenvalue weighted by atomic mass is 9.99. The van der Waals surface area contributed by atoms with Crippen LogP contribution in [0.4, 0.5) is 0 Å². The molecule has 8 aromatic carbocycles. The van der Waals surface area contributed by atoms with Crippen molar-refractivity contribution < 1.29 is 4.42 Å². The van der Waals surface area contributed by atoms with Gasteiger partial charge in [0.2, 0.25) is 0 Å². The van der Waals surface area contributed by atoms with Gasteiger partial charge in [-0.3, -0.25) is 4.98 Å². The zero-order valence-corrected chi connectivity index (χ0v) is 29.9. The second-order valence-electron chi connectivity index (χ2n) is 14.3. The normalized spacial score (nSPS) is 11.9. The fraction of sp³-hybridized carbons (Fsp3) is 0. The van der Waals surface area contributed by atoms with Gasteiger partial charge in [-0.05, 0) is 75.5 Å². The van der Waals surface area contributed by atoms with Gasteiger partial charge in [0, 0.05) is 56.0 Å². The molecule has 0 aliphatic rings. The summed E-state index contributed by atoms with van der Waals surface area (Å²) in [5.41, 5.74) is 7.66. The first-order chi connectivity index (χ1) is 27.7.